The summed E-state index contributed by atoms with van der Waals surface area (Å²) >= 11 is 0. The molecule has 6 nitrogen and oxygen atoms in total. The van der Waals surface area contributed by atoms with E-state index >= 15 is 0 Å². The fourth-order valence-corrected chi connectivity index (χ4v) is 7.90. The molecule has 1 saturated heterocycles. The minimum Gasteiger partial charge on any atom is -0.507 e. The third-order valence-corrected chi connectivity index (χ3v) is 11.3. The van der Waals surface area contributed by atoms with Crippen molar-refractivity contribution in [1.82, 2.24) is 5.32 Å². The molecule has 3 rings (SSSR count). The third-order valence-electron chi connectivity index (χ3n) is 11.3. The Labute approximate surface area is 249 Å². The Morgan fingerprint density at radius 2 is 1.41 bits per heavy atom. The maximum Gasteiger partial charge on any atom is 0.338 e. The first-order valence-electron chi connectivity index (χ1n) is 15.8. The standard InChI is InChI=1S/C35H59NO5/c1-13-32(11)20-35(22(4)33(12,14-2)36-32)26(37)18-34(15-3,19-27(35)38)21-41-29(40)23-16-24(30(5,6)7)28(39)25(17-23)31(8,9)10/h16-17,22,26-27,36-39H,13-15,18-21H2,1-12H3. The van der Waals surface area contributed by atoms with Crippen LogP contribution < -0.4 is 5.32 Å². The van der Waals surface area contributed by atoms with Crippen molar-refractivity contribution in [3.63, 3.8) is 0 Å². The molecule has 4 N–H and O–H groups in total. The molecule has 0 radical (unpaired) electrons. The Hall–Kier alpha value is -1.63. The highest BCUT2D eigenvalue weighted by atomic mass is 16.5. The van der Waals surface area contributed by atoms with Crippen LogP contribution in [-0.2, 0) is 15.6 Å². The topological polar surface area (TPSA) is 99.0 Å². The molecule has 0 amide bonds. The molecular weight excluding hydrogens is 514 g/mol. The number of hydrogen-bond donors (Lipinski definition) is 4. The SMILES string of the molecule is CCC1(COC(=O)c2cc(C(C)(C)C)c(O)c(C(C)(C)C)c2)CC(O)C2(CC(C)(CC)NC(C)(CC)C2C)C(O)C1. The molecule has 0 bridgehead atoms. The van der Waals surface area contributed by atoms with E-state index in [1.165, 1.54) is 0 Å². The van der Waals surface area contributed by atoms with Crippen molar-refractivity contribution in [1.29, 1.82) is 0 Å². The number of carbonyl (C=O) groups is 1. The van der Waals surface area contributed by atoms with Gasteiger partial charge >= 0.3 is 5.97 Å². The average Bonchev–Trinajstić information content (AvgIpc) is 2.87. The van der Waals surface area contributed by atoms with Gasteiger partial charge in [0, 0.05) is 33.0 Å². The zero-order valence-corrected chi connectivity index (χ0v) is 28.0. The van der Waals surface area contributed by atoms with E-state index in [4.69, 9.17) is 4.74 Å². The van der Waals surface area contributed by atoms with Crippen LogP contribution in [0.5, 0.6) is 5.75 Å². The zero-order chi connectivity index (χ0) is 31.4. The molecule has 1 aromatic carbocycles. The molecule has 1 aliphatic heterocycles. The molecule has 1 spiro atoms. The van der Waals surface area contributed by atoms with Gasteiger partial charge in [-0.1, -0.05) is 69.2 Å². The molecule has 234 valence electrons. The lowest BCUT2D eigenvalue weighted by molar-refractivity contribution is -0.215. The van der Waals surface area contributed by atoms with Crippen LogP contribution in [-0.4, -0.2) is 51.2 Å². The molecule has 0 aromatic heterocycles. The summed E-state index contributed by atoms with van der Waals surface area (Å²) < 4.78 is 6.01. The van der Waals surface area contributed by atoms with E-state index < -0.39 is 29.0 Å². The zero-order valence-electron chi connectivity index (χ0n) is 28.0. The van der Waals surface area contributed by atoms with Gasteiger partial charge in [-0.2, -0.15) is 0 Å². The molecule has 1 aliphatic carbocycles. The van der Waals surface area contributed by atoms with Gasteiger partial charge in [0.05, 0.1) is 24.4 Å². The van der Waals surface area contributed by atoms with E-state index in [2.05, 4.69) is 46.9 Å². The van der Waals surface area contributed by atoms with Gasteiger partial charge < -0.3 is 25.4 Å². The Morgan fingerprint density at radius 3 is 1.80 bits per heavy atom. The predicted molar refractivity (Wildman–Crippen MR) is 167 cm³/mol. The van der Waals surface area contributed by atoms with Crippen LogP contribution in [0.4, 0.5) is 0 Å². The summed E-state index contributed by atoms with van der Waals surface area (Å²) in [5, 5.41) is 38.9. The summed E-state index contributed by atoms with van der Waals surface area (Å²) in [6.07, 6.45) is 2.73. The number of aromatic hydroxyl groups is 1. The molecule has 2 fully saturated rings. The first kappa shape index (κ1) is 33.9. The largest absolute Gasteiger partial charge is 0.507 e. The Balaban J connectivity index is 1.92. The summed E-state index contributed by atoms with van der Waals surface area (Å²) in [7, 11) is 0. The van der Waals surface area contributed by atoms with E-state index in [1.807, 2.05) is 41.5 Å². The van der Waals surface area contributed by atoms with Crippen LogP contribution in [0.2, 0.25) is 0 Å². The van der Waals surface area contributed by atoms with Gasteiger partial charge in [-0.3, -0.25) is 0 Å². The number of aliphatic hydroxyl groups is 2. The highest BCUT2D eigenvalue weighted by molar-refractivity contribution is 5.90. The van der Waals surface area contributed by atoms with Crippen molar-refractivity contribution in [2.24, 2.45) is 16.7 Å². The minimum atomic E-state index is -0.715. The lowest BCUT2D eigenvalue weighted by Crippen LogP contribution is -2.74. The molecule has 1 heterocycles. The first-order valence-corrected chi connectivity index (χ1v) is 15.8. The molecule has 2 aliphatic rings. The van der Waals surface area contributed by atoms with E-state index in [0.29, 0.717) is 42.4 Å². The maximum atomic E-state index is 13.5. The van der Waals surface area contributed by atoms with E-state index in [9.17, 15) is 20.1 Å². The smallest absolute Gasteiger partial charge is 0.338 e. The number of piperidine rings is 1. The van der Waals surface area contributed by atoms with Crippen LogP contribution in [0, 0.1) is 16.7 Å². The van der Waals surface area contributed by atoms with Gasteiger partial charge in [0.1, 0.15) is 5.75 Å². The molecule has 41 heavy (non-hydrogen) atoms. The van der Waals surface area contributed by atoms with Crippen molar-refractivity contribution >= 4 is 5.97 Å². The van der Waals surface area contributed by atoms with Gasteiger partial charge in [0.2, 0.25) is 0 Å². The van der Waals surface area contributed by atoms with E-state index in [-0.39, 0.29) is 40.2 Å². The summed E-state index contributed by atoms with van der Waals surface area (Å²) in [6, 6.07) is 3.50. The van der Waals surface area contributed by atoms with Gasteiger partial charge in [0.15, 0.2) is 0 Å². The first-order chi connectivity index (χ1) is 18.6. The molecule has 1 aromatic rings. The molecule has 6 heteroatoms. The van der Waals surface area contributed by atoms with Crippen molar-refractivity contribution in [3.05, 3.63) is 28.8 Å². The number of hydrogen-bond acceptors (Lipinski definition) is 6. The lowest BCUT2D eigenvalue weighted by atomic mass is 9.47. The van der Waals surface area contributed by atoms with Crippen molar-refractivity contribution in [2.45, 2.75) is 156 Å². The quantitative estimate of drug-likeness (QED) is 0.273. The van der Waals surface area contributed by atoms with Crippen LogP contribution >= 0.6 is 0 Å². The Kier molecular flexibility index (Phi) is 9.20. The number of ether oxygens (including phenoxy) is 1. The fraction of sp³-hybridized carbons (Fsp3) is 0.800. The third kappa shape index (κ3) is 6.08. The van der Waals surface area contributed by atoms with Crippen LogP contribution in [0.25, 0.3) is 0 Å². The van der Waals surface area contributed by atoms with Crippen LogP contribution in [0.1, 0.15) is 143 Å². The average molecular weight is 574 g/mol. The highest BCUT2D eigenvalue weighted by Crippen LogP contribution is 2.59. The van der Waals surface area contributed by atoms with Crippen molar-refractivity contribution in [2.75, 3.05) is 6.61 Å². The van der Waals surface area contributed by atoms with Gasteiger partial charge in [-0.25, -0.2) is 4.79 Å². The second kappa shape index (κ2) is 11.1. The number of aliphatic hydroxyl groups excluding tert-OH is 2. The number of carbonyl (C=O) groups excluding carboxylic acids is 1. The molecular formula is C35H59NO5. The molecule has 5 atom stereocenters. The number of phenolic OH excluding ortho intramolecular Hbond substituents is 1. The normalized spacial score (nSPS) is 36.4. The maximum absolute atomic E-state index is 13.5. The minimum absolute atomic E-state index is 0.0608. The number of esters is 1. The summed E-state index contributed by atoms with van der Waals surface area (Å²) in [6.45, 7) is 25.3. The lowest BCUT2D eigenvalue weighted by Gasteiger charge is -2.65. The summed E-state index contributed by atoms with van der Waals surface area (Å²) in [5.74, 6) is -0.152. The van der Waals surface area contributed by atoms with E-state index in [0.717, 1.165) is 12.8 Å². The number of rotatable bonds is 6. The number of nitrogens with one attached hydrogen (secondary N) is 1. The molecule has 1 saturated carbocycles. The predicted octanol–water partition coefficient (Wildman–Crippen LogP) is 7.01. The van der Waals surface area contributed by atoms with Crippen molar-refractivity contribution < 1.29 is 24.9 Å². The van der Waals surface area contributed by atoms with Gasteiger partial charge in [-0.15, -0.1) is 0 Å². The number of phenols is 1. The van der Waals surface area contributed by atoms with Gasteiger partial charge in [0.25, 0.3) is 0 Å². The van der Waals surface area contributed by atoms with E-state index in [1.54, 1.807) is 12.1 Å². The summed E-state index contributed by atoms with van der Waals surface area (Å²) in [4.78, 5) is 13.5. The summed E-state index contributed by atoms with van der Waals surface area (Å²) in [5.41, 5.74) is -0.428. The fourth-order valence-electron chi connectivity index (χ4n) is 7.90. The second-order valence-corrected chi connectivity index (χ2v) is 16.1. The van der Waals surface area contributed by atoms with Crippen molar-refractivity contribution in [3.8, 4) is 5.75 Å². The highest BCUT2D eigenvalue weighted by Gasteiger charge is 2.64. The number of benzene rings is 1. The molecule has 5 unspecified atom stereocenters. The second-order valence-electron chi connectivity index (χ2n) is 16.1. The van der Waals surface area contributed by atoms with Crippen LogP contribution in [0.3, 0.4) is 0 Å². The van der Waals surface area contributed by atoms with Crippen LogP contribution in [0.15, 0.2) is 12.1 Å². The van der Waals surface area contributed by atoms with Gasteiger partial charge in [-0.05, 0) is 81.3 Å². The monoisotopic (exact) mass is 573 g/mol. The Morgan fingerprint density at radius 1 is 0.927 bits per heavy atom. The Bertz CT molecular complexity index is 1070.